The molecule has 1 aromatic heterocycles. The lowest BCUT2D eigenvalue weighted by Gasteiger charge is -2.07. The third-order valence-corrected chi connectivity index (χ3v) is 3.14. The molecule has 2 aromatic rings. The second-order valence-electron chi connectivity index (χ2n) is 4.39. The molecule has 1 aromatic carbocycles. The van der Waals surface area contributed by atoms with Gasteiger partial charge in [0.05, 0.1) is 11.3 Å². The van der Waals surface area contributed by atoms with E-state index in [4.69, 9.17) is 4.42 Å². The number of amides is 1. The number of furan rings is 1. The minimum Gasteiger partial charge on any atom is -0.462 e. The van der Waals surface area contributed by atoms with E-state index in [9.17, 15) is 4.79 Å². The maximum absolute atomic E-state index is 12.2. The van der Waals surface area contributed by atoms with Crippen LogP contribution in [0, 0.1) is 6.92 Å². The lowest BCUT2D eigenvalue weighted by molar-refractivity contribution is -0.112. The highest BCUT2D eigenvalue weighted by Crippen LogP contribution is 2.36. The average Bonchev–Trinajstić information content (AvgIpc) is 2.88. The Hall–Kier alpha value is -2.29. The molecule has 0 atom stereocenters. The molecule has 0 aliphatic carbocycles. The molecule has 3 rings (SSSR count). The van der Waals surface area contributed by atoms with E-state index in [1.807, 2.05) is 43.3 Å². The zero-order chi connectivity index (χ0) is 12.7. The number of nitrogens with zero attached hydrogens (tertiary/aromatic N) is 1. The molecule has 3 nitrogen and oxygen atoms in total. The van der Waals surface area contributed by atoms with E-state index in [-0.39, 0.29) is 5.91 Å². The molecule has 90 valence electrons. The summed E-state index contributed by atoms with van der Waals surface area (Å²) in [7, 11) is 1.79. The number of rotatable bonds is 1. The van der Waals surface area contributed by atoms with E-state index in [0.29, 0.717) is 11.3 Å². The number of carbonyl (C=O) groups excluding carboxylic acids is 1. The van der Waals surface area contributed by atoms with Gasteiger partial charge in [-0.25, -0.2) is 0 Å². The highest BCUT2D eigenvalue weighted by molar-refractivity contribution is 6.35. The van der Waals surface area contributed by atoms with Crippen molar-refractivity contribution in [3.05, 3.63) is 53.5 Å². The van der Waals surface area contributed by atoms with Gasteiger partial charge < -0.3 is 9.32 Å². The summed E-state index contributed by atoms with van der Waals surface area (Å²) in [4.78, 5) is 13.9. The van der Waals surface area contributed by atoms with Crippen molar-refractivity contribution in [2.24, 2.45) is 0 Å². The quantitative estimate of drug-likeness (QED) is 0.716. The second-order valence-corrected chi connectivity index (χ2v) is 4.39. The predicted molar refractivity (Wildman–Crippen MR) is 71.2 cm³/mol. The van der Waals surface area contributed by atoms with Crippen molar-refractivity contribution in [1.29, 1.82) is 0 Å². The molecular formula is C15H13NO2. The zero-order valence-electron chi connectivity index (χ0n) is 10.3. The Bertz CT molecular complexity index is 652. The average molecular weight is 239 g/mol. The van der Waals surface area contributed by atoms with E-state index < -0.39 is 0 Å². The minimum atomic E-state index is 0.00486. The van der Waals surface area contributed by atoms with Crippen LogP contribution in [0.3, 0.4) is 0 Å². The van der Waals surface area contributed by atoms with Crippen LogP contribution in [0.4, 0.5) is 5.69 Å². The van der Waals surface area contributed by atoms with Gasteiger partial charge in [-0.05, 0) is 31.2 Å². The summed E-state index contributed by atoms with van der Waals surface area (Å²) in [6, 6.07) is 11.5. The van der Waals surface area contributed by atoms with E-state index in [0.717, 1.165) is 17.0 Å². The summed E-state index contributed by atoms with van der Waals surface area (Å²) in [5.41, 5.74) is 2.58. The third-order valence-electron chi connectivity index (χ3n) is 3.14. The first kappa shape index (κ1) is 10.8. The Morgan fingerprint density at radius 1 is 1.17 bits per heavy atom. The first-order valence-corrected chi connectivity index (χ1v) is 5.82. The first-order valence-electron chi connectivity index (χ1n) is 5.82. The highest BCUT2D eigenvalue weighted by atomic mass is 16.3. The smallest absolute Gasteiger partial charge is 0.258 e. The van der Waals surface area contributed by atoms with E-state index >= 15 is 0 Å². The normalized spacial score (nSPS) is 16.4. The third kappa shape index (κ3) is 1.56. The lowest BCUT2D eigenvalue weighted by atomic mass is 10.1. The van der Waals surface area contributed by atoms with Crippen LogP contribution in [0.15, 0.2) is 40.8 Å². The van der Waals surface area contributed by atoms with Crippen molar-refractivity contribution in [2.75, 3.05) is 11.9 Å². The number of anilines is 1. The fourth-order valence-electron chi connectivity index (χ4n) is 2.21. The number of benzene rings is 1. The predicted octanol–water partition coefficient (Wildman–Crippen LogP) is 3.11. The van der Waals surface area contributed by atoms with Gasteiger partial charge in [-0.15, -0.1) is 0 Å². The number of carbonyl (C=O) groups is 1. The first-order chi connectivity index (χ1) is 8.66. The molecule has 0 saturated heterocycles. The summed E-state index contributed by atoms with van der Waals surface area (Å²) in [6.45, 7) is 1.89. The van der Waals surface area contributed by atoms with Crippen LogP contribution in [0.2, 0.25) is 0 Å². The van der Waals surface area contributed by atoms with Crippen molar-refractivity contribution in [3.8, 4) is 0 Å². The van der Waals surface area contributed by atoms with Crippen molar-refractivity contribution in [2.45, 2.75) is 6.92 Å². The topological polar surface area (TPSA) is 33.5 Å². The monoisotopic (exact) mass is 239 g/mol. The van der Waals surface area contributed by atoms with Gasteiger partial charge in [0.25, 0.3) is 5.91 Å². The molecule has 1 aliphatic rings. The van der Waals surface area contributed by atoms with Gasteiger partial charge in [0.15, 0.2) is 0 Å². The van der Waals surface area contributed by atoms with Crippen LogP contribution in [0.5, 0.6) is 0 Å². The molecule has 0 N–H and O–H groups in total. The fraction of sp³-hybridized carbons (Fsp3) is 0.133. The largest absolute Gasteiger partial charge is 0.462 e. The van der Waals surface area contributed by atoms with Gasteiger partial charge in [-0.1, -0.05) is 18.2 Å². The molecule has 0 saturated carbocycles. The number of hydrogen-bond donors (Lipinski definition) is 0. The second kappa shape index (κ2) is 3.88. The number of fused-ring (bicyclic) bond motifs is 1. The molecule has 3 heteroatoms. The lowest BCUT2D eigenvalue weighted by Crippen LogP contribution is -2.20. The van der Waals surface area contributed by atoms with Crippen LogP contribution in [0.1, 0.15) is 17.1 Å². The number of aryl methyl sites for hydroxylation is 1. The molecule has 0 spiro atoms. The summed E-state index contributed by atoms with van der Waals surface area (Å²) in [5, 5.41) is 0. The standard InChI is InChI=1S/C15H13NO2/c1-10-7-8-11(18-10)9-13-12-5-3-4-6-14(12)16(2)15(13)17/h3-9H,1-2H3/b13-9-. The number of likely N-dealkylation sites (N-methyl/N-ethyl adjacent to an activating group) is 1. The molecular weight excluding hydrogens is 226 g/mol. The van der Waals surface area contributed by atoms with Gasteiger partial charge in [0.1, 0.15) is 11.5 Å². The summed E-state index contributed by atoms with van der Waals surface area (Å²) in [5.74, 6) is 1.56. The molecule has 0 unspecified atom stereocenters. The summed E-state index contributed by atoms with van der Waals surface area (Å²) in [6.07, 6.45) is 1.80. The Balaban J connectivity index is 2.13. The van der Waals surface area contributed by atoms with Crippen molar-refractivity contribution in [1.82, 2.24) is 0 Å². The van der Waals surface area contributed by atoms with Gasteiger partial charge in [0.2, 0.25) is 0 Å². The van der Waals surface area contributed by atoms with Crippen LogP contribution >= 0.6 is 0 Å². The summed E-state index contributed by atoms with van der Waals surface area (Å²) >= 11 is 0. The molecule has 0 radical (unpaired) electrons. The van der Waals surface area contributed by atoms with Gasteiger partial charge in [-0.3, -0.25) is 4.79 Å². The Morgan fingerprint density at radius 3 is 2.67 bits per heavy atom. The van der Waals surface area contributed by atoms with Crippen LogP contribution in [-0.2, 0) is 4.79 Å². The molecule has 18 heavy (non-hydrogen) atoms. The molecule has 2 heterocycles. The summed E-state index contributed by atoms with van der Waals surface area (Å²) < 4.78 is 5.50. The van der Waals surface area contributed by atoms with Crippen LogP contribution in [0.25, 0.3) is 11.6 Å². The van der Waals surface area contributed by atoms with Crippen molar-refractivity contribution >= 4 is 23.2 Å². The zero-order valence-corrected chi connectivity index (χ0v) is 10.3. The maximum Gasteiger partial charge on any atom is 0.258 e. The van der Waals surface area contributed by atoms with Crippen LogP contribution in [-0.4, -0.2) is 13.0 Å². The van der Waals surface area contributed by atoms with Gasteiger partial charge in [0, 0.05) is 12.6 Å². The number of hydrogen-bond acceptors (Lipinski definition) is 2. The minimum absolute atomic E-state index is 0.00486. The molecule has 1 amide bonds. The SMILES string of the molecule is Cc1ccc(/C=C2\C(=O)N(C)c3ccccc32)o1. The Labute approximate surface area is 105 Å². The van der Waals surface area contributed by atoms with E-state index in [1.54, 1.807) is 18.0 Å². The fourth-order valence-corrected chi connectivity index (χ4v) is 2.21. The van der Waals surface area contributed by atoms with Crippen molar-refractivity contribution < 1.29 is 9.21 Å². The van der Waals surface area contributed by atoms with Crippen LogP contribution < -0.4 is 4.90 Å². The molecule has 0 fully saturated rings. The molecule has 1 aliphatic heterocycles. The van der Waals surface area contributed by atoms with Gasteiger partial charge in [-0.2, -0.15) is 0 Å². The number of para-hydroxylation sites is 1. The van der Waals surface area contributed by atoms with Crippen molar-refractivity contribution in [3.63, 3.8) is 0 Å². The Kier molecular flexibility index (Phi) is 2.33. The maximum atomic E-state index is 12.2. The van der Waals surface area contributed by atoms with Gasteiger partial charge >= 0.3 is 0 Å². The Morgan fingerprint density at radius 2 is 1.94 bits per heavy atom. The van der Waals surface area contributed by atoms with E-state index in [2.05, 4.69) is 0 Å². The van der Waals surface area contributed by atoms with E-state index in [1.165, 1.54) is 0 Å². The molecule has 0 bridgehead atoms. The highest BCUT2D eigenvalue weighted by Gasteiger charge is 2.29.